The highest BCUT2D eigenvalue weighted by atomic mass is 32.2. The van der Waals surface area contributed by atoms with Crippen molar-refractivity contribution in [1.29, 1.82) is 0 Å². The molecule has 1 heterocycles. The van der Waals surface area contributed by atoms with Gasteiger partial charge in [0.1, 0.15) is 12.3 Å². The molecule has 0 bridgehead atoms. The van der Waals surface area contributed by atoms with E-state index in [1.54, 1.807) is 24.3 Å². The van der Waals surface area contributed by atoms with Crippen LogP contribution in [0.2, 0.25) is 0 Å². The van der Waals surface area contributed by atoms with Gasteiger partial charge in [-0.1, -0.05) is 24.3 Å². The Morgan fingerprint density at radius 3 is 2.23 bits per heavy atom. The van der Waals surface area contributed by atoms with Gasteiger partial charge in [-0.25, -0.2) is 8.42 Å². The first-order valence-corrected chi connectivity index (χ1v) is 12.5. The van der Waals surface area contributed by atoms with Crippen LogP contribution in [-0.2, 0) is 27.9 Å². The summed E-state index contributed by atoms with van der Waals surface area (Å²) in [5, 5.41) is 2.82. The number of carbonyl (C=O) groups excluding carboxylic acids is 1. The van der Waals surface area contributed by atoms with Gasteiger partial charge < -0.3 is 10.1 Å². The van der Waals surface area contributed by atoms with Gasteiger partial charge >= 0.3 is 0 Å². The minimum absolute atomic E-state index is 0.278. The third-order valence-electron chi connectivity index (χ3n) is 5.24. The fourth-order valence-electron chi connectivity index (χ4n) is 3.62. The molecular formula is C23H31N3O4S. The van der Waals surface area contributed by atoms with E-state index in [9.17, 15) is 13.2 Å². The molecule has 2 aromatic rings. The van der Waals surface area contributed by atoms with E-state index < -0.39 is 10.0 Å². The number of hydrogen-bond acceptors (Lipinski definition) is 5. The van der Waals surface area contributed by atoms with E-state index in [0.29, 0.717) is 24.6 Å². The fourth-order valence-corrected chi connectivity index (χ4v) is 4.48. The zero-order chi connectivity index (χ0) is 22.3. The molecule has 31 heavy (non-hydrogen) atoms. The SMILES string of the molecule is CCOc1ccc(N(CC(=O)NCc2ccc(CN3CCCC3)cc2)S(C)(=O)=O)cc1. The highest BCUT2D eigenvalue weighted by molar-refractivity contribution is 7.92. The molecular weight excluding hydrogens is 414 g/mol. The van der Waals surface area contributed by atoms with Crippen molar-refractivity contribution in [3.05, 3.63) is 59.7 Å². The lowest BCUT2D eigenvalue weighted by Crippen LogP contribution is -2.40. The van der Waals surface area contributed by atoms with Crippen LogP contribution in [0.5, 0.6) is 5.75 Å². The molecule has 0 atom stereocenters. The maximum Gasteiger partial charge on any atom is 0.241 e. The summed E-state index contributed by atoms with van der Waals surface area (Å²) in [6.45, 7) is 5.74. The Labute approximate surface area is 185 Å². The third-order valence-corrected chi connectivity index (χ3v) is 6.38. The van der Waals surface area contributed by atoms with Crippen molar-refractivity contribution in [1.82, 2.24) is 10.2 Å². The Balaban J connectivity index is 1.55. The van der Waals surface area contributed by atoms with Gasteiger partial charge in [-0.2, -0.15) is 0 Å². The first-order chi connectivity index (χ1) is 14.8. The molecule has 0 unspecified atom stereocenters. The molecule has 0 aliphatic carbocycles. The number of nitrogens with one attached hydrogen (secondary N) is 1. The molecule has 7 nitrogen and oxygen atoms in total. The lowest BCUT2D eigenvalue weighted by atomic mass is 10.1. The van der Waals surface area contributed by atoms with Crippen molar-refractivity contribution in [3.8, 4) is 5.75 Å². The summed E-state index contributed by atoms with van der Waals surface area (Å²) < 4.78 is 31.0. The molecule has 1 fully saturated rings. The first-order valence-electron chi connectivity index (χ1n) is 10.6. The lowest BCUT2D eigenvalue weighted by molar-refractivity contribution is -0.119. The largest absolute Gasteiger partial charge is 0.494 e. The summed E-state index contributed by atoms with van der Waals surface area (Å²) in [6, 6.07) is 14.8. The normalized spacial score (nSPS) is 14.4. The number of amides is 1. The number of benzene rings is 2. The summed E-state index contributed by atoms with van der Waals surface area (Å²) in [5.74, 6) is 0.290. The highest BCUT2D eigenvalue weighted by Crippen LogP contribution is 2.21. The number of rotatable bonds is 10. The van der Waals surface area contributed by atoms with E-state index in [1.165, 1.54) is 18.4 Å². The lowest BCUT2D eigenvalue weighted by Gasteiger charge is -2.22. The molecule has 0 radical (unpaired) electrons. The molecule has 8 heteroatoms. The van der Waals surface area contributed by atoms with Crippen LogP contribution in [0.4, 0.5) is 5.69 Å². The average Bonchev–Trinajstić information content (AvgIpc) is 3.25. The van der Waals surface area contributed by atoms with E-state index in [2.05, 4.69) is 22.3 Å². The molecule has 1 N–H and O–H groups in total. The summed E-state index contributed by atoms with van der Waals surface area (Å²) in [4.78, 5) is 14.9. The first kappa shape index (κ1) is 23.1. The molecule has 1 aliphatic heterocycles. The Bertz CT molecular complexity index is 953. The van der Waals surface area contributed by atoms with E-state index >= 15 is 0 Å². The van der Waals surface area contributed by atoms with Crippen molar-refractivity contribution < 1.29 is 17.9 Å². The second-order valence-corrected chi connectivity index (χ2v) is 9.68. The molecule has 0 aromatic heterocycles. The number of hydrogen-bond donors (Lipinski definition) is 1. The van der Waals surface area contributed by atoms with Crippen LogP contribution in [0.25, 0.3) is 0 Å². The Morgan fingerprint density at radius 1 is 1.03 bits per heavy atom. The second-order valence-electron chi connectivity index (χ2n) is 7.77. The quantitative estimate of drug-likeness (QED) is 0.608. The molecule has 0 spiro atoms. The summed E-state index contributed by atoms with van der Waals surface area (Å²) in [5.41, 5.74) is 2.66. The monoisotopic (exact) mass is 445 g/mol. The van der Waals surface area contributed by atoms with Crippen molar-refractivity contribution in [2.24, 2.45) is 0 Å². The molecule has 168 valence electrons. The predicted molar refractivity (Wildman–Crippen MR) is 123 cm³/mol. The minimum atomic E-state index is -3.61. The van der Waals surface area contributed by atoms with Gasteiger partial charge in [-0.15, -0.1) is 0 Å². The maximum absolute atomic E-state index is 12.5. The van der Waals surface area contributed by atoms with Gasteiger partial charge in [0.2, 0.25) is 15.9 Å². The third kappa shape index (κ3) is 6.97. The van der Waals surface area contributed by atoms with Crippen molar-refractivity contribution in [2.45, 2.75) is 32.9 Å². The molecule has 3 rings (SSSR count). The number of carbonyl (C=O) groups is 1. The van der Waals surface area contributed by atoms with Gasteiger partial charge in [0, 0.05) is 13.1 Å². The summed E-state index contributed by atoms with van der Waals surface area (Å²) in [6.07, 6.45) is 3.63. The number of anilines is 1. The van der Waals surface area contributed by atoms with Crippen LogP contribution in [0.1, 0.15) is 30.9 Å². The van der Waals surface area contributed by atoms with Gasteiger partial charge in [0.25, 0.3) is 0 Å². The van der Waals surface area contributed by atoms with Crippen LogP contribution in [0.3, 0.4) is 0 Å². The summed E-state index contributed by atoms with van der Waals surface area (Å²) in [7, 11) is -3.61. The topological polar surface area (TPSA) is 79.0 Å². The number of ether oxygens (including phenoxy) is 1. The smallest absolute Gasteiger partial charge is 0.241 e. The van der Waals surface area contributed by atoms with Crippen molar-refractivity contribution in [2.75, 3.05) is 36.8 Å². The standard InChI is InChI=1S/C23H31N3O4S/c1-3-30-22-12-10-21(11-13-22)26(31(2,28)29)18-23(27)24-16-19-6-8-20(9-7-19)17-25-14-4-5-15-25/h6-13H,3-5,14-18H2,1-2H3,(H,24,27). The van der Waals surface area contributed by atoms with Crippen molar-refractivity contribution >= 4 is 21.6 Å². The van der Waals surface area contributed by atoms with Gasteiger partial charge in [0.15, 0.2) is 0 Å². The predicted octanol–water partition coefficient (Wildman–Crippen LogP) is 2.76. The maximum atomic E-state index is 12.5. The molecule has 1 saturated heterocycles. The summed E-state index contributed by atoms with van der Waals surface area (Å²) >= 11 is 0. The molecule has 1 aliphatic rings. The van der Waals surface area contributed by atoms with Crippen LogP contribution < -0.4 is 14.4 Å². The van der Waals surface area contributed by atoms with Crippen LogP contribution in [0, 0.1) is 0 Å². The zero-order valence-corrected chi connectivity index (χ0v) is 19.0. The highest BCUT2D eigenvalue weighted by Gasteiger charge is 2.21. The van der Waals surface area contributed by atoms with Gasteiger partial charge in [0.05, 0.1) is 18.6 Å². The number of likely N-dealkylation sites (tertiary alicyclic amines) is 1. The number of nitrogens with zero attached hydrogens (tertiary/aromatic N) is 2. The van der Waals surface area contributed by atoms with E-state index in [-0.39, 0.29) is 12.5 Å². The molecule has 2 aromatic carbocycles. The zero-order valence-electron chi connectivity index (χ0n) is 18.2. The van der Waals surface area contributed by atoms with E-state index in [1.807, 2.05) is 19.1 Å². The Morgan fingerprint density at radius 2 is 1.65 bits per heavy atom. The van der Waals surface area contributed by atoms with Crippen LogP contribution in [-0.4, -0.2) is 51.7 Å². The Kier molecular flexibility index (Phi) is 7.92. The van der Waals surface area contributed by atoms with Crippen LogP contribution >= 0.6 is 0 Å². The molecule has 0 saturated carbocycles. The van der Waals surface area contributed by atoms with Crippen molar-refractivity contribution in [3.63, 3.8) is 0 Å². The second kappa shape index (κ2) is 10.6. The van der Waals surface area contributed by atoms with E-state index in [0.717, 1.165) is 35.8 Å². The Hall–Kier alpha value is -2.58. The van der Waals surface area contributed by atoms with Gasteiger partial charge in [-0.05, 0) is 68.2 Å². The van der Waals surface area contributed by atoms with Gasteiger partial charge in [-0.3, -0.25) is 14.0 Å². The number of sulfonamides is 1. The van der Waals surface area contributed by atoms with Crippen LogP contribution in [0.15, 0.2) is 48.5 Å². The fraction of sp³-hybridized carbons (Fsp3) is 0.435. The van der Waals surface area contributed by atoms with E-state index in [4.69, 9.17) is 4.74 Å². The molecule has 1 amide bonds. The minimum Gasteiger partial charge on any atom is -0.494 e. The average molecular weight is 446 g/mol.